The summed E-state index contributed by atoms with van der Waals surface area (Å²) in [6.45, 7) is 10.1. The van der Waals surface area contributed by atoms with E-state index in [-0.39, 0.29) is 61.4 Å². The maximum Gasteiger partial charge on any atom is 0.179 e. The monoisotopic (exact) mass is 894 g/mol. The maximum atomic E-state index is 14.0. The van der Waals surface area contributed by atoms with Gasteiger partial charge >= 0.3 is 0 Å². The number of halogens is 2. The SMILES string of the molecule is CCCC[C@@]1(CC)C[C@H](c2ccc(F)cc2)c2cc(OCCOCCOCCOc3ccc4c(c3)[C@H](c3ccc(F)cc3)C[C@@](CC)(CCCC)CS4(=O)=O)ccc2S(=O)(=O)C1. The lowest BCUT2D eigenvalue weighted by Gasteiger charge is -2.34. The van der Waals surface area contributed by atoms with Gasteiger partial charge in [-0.2, -0.15) is 0 Å². The van der Waals surface area contributed by atoms with E-state index in [1.807, 2.05) is 12.1 Å². The highest BCUT2D eigenvalue weighted by Crippen LogP contribution is 2.51. The van der Waals surface area contributed by atoms with Crippen LogP contribution in [0.2, 0.25) is 0 Å². The molecule has 0 spiro atoms. The Morgan fingerprint density at radius 1 is 0.532 bits per heavy atom. The topological polar surface area (TPSA) is 105 Å². The molecule has 2 aliphatic rings. The zero-order valence-corrected chi connectivity index (χ0v) is 38.4. The lowest BCUT2D eigenvalue weighted by atomic mass is 9.71. The highest BCUT2D eigenvalue weighted by molar-refractivity contribution is 7.91. The molecule has 6 rings (SSSR count). The van der Waals surface area contributed by atoms with Crippen LogP contribution in [0, 0.1) is 22.5 Å². The van der Waals surface area contributed by atoms with E-state index in [0.717, 1.165) is 62.5 Å². The molecular formula is C50H64F2O8S2. The first-order valence-corrected chi connectivity index (χ1v) is 25.7. The summed E-state index contributed by atoms with van der Waals surface area (Å²) in [6, 6.07) is 23.1. The van der Waals surface area contributed by atoms with E-state index in [4.69, 9.17) is 18.9 Å². The van der Waals surface area contributed by atoms with Gasteiger partial charge in [0.2, 0.25) is 0 Å². The zero-order chi connectivity index (χ0) is 44.4. The minimum atomic E-state index is -3.59. The summed E-state index contributed by atoms with van der Waals surface area (Å²) in [4.78, 5) is 0.627. The van der Waals surface area contributed by atoms with Crippen LogP contribution in [0.15, 0.2) is 94.7 Å². The lowest BCUT2D eigenvalue weighted by Crippen LogP contribution is -2.29. The Bertz CT molecular complexity index is 2140. The molecule has 0 saturated carbocycles. The standard InChI is InChI=1S/C50H64F2O8S2/c1-5-9-23-49(7-3)33-45(37-11-15-39(51)16-12-37)43-31-41(19-21-47(43)61(53,54)35-49)59-29-27-57-25-26-58-28-30-60-42-20-22-48-44(32-42)46(38-13-17-40(52)18-14-38)34-50(8-4,24-10-6-2)36-62(48,55)56/h11-22,31-32,45-46H,5-10,23-30,33-36H2,1-4H3/t45-,46+,49+,50-. The third kappa shape index (κ3) is 11.6. The molecule has 338 valence electrons. The maximum absolute atomic E-state index is 14.0. The number of sulfone groups is 2. The number of fused-ring (bicyclic) bond motifs is 2. The first-order chi connectivity index (χ1) is 29.8. The van der Waals surface area contributed by atoms with Crippen LogP contribution in [0.25, 0.3) is 0 Å². The summed E-state index contributed by atoms with van der Waals surface area (Å²) >= 11 is 0. The average molecular weight is 895 g/mol. The fourth-order valence-corrected chi connectivity index (χ4v) is 14.1. The average Bonchev–Trinajstić information content (AvgIpc) is 3.43. The Balaban J connectivity index is 1.02. The second-order valence-electron chi connectivity index (χ2n) is 17.4. The summed E-state index contributed by atoms with van der Waals surface area (Å²) in [7, 11) is -7.19. The van der Waals surface area contributed by atoms with Crippen molar-refractivity contribution in [3.8, 4) is 11.5 Å². The predicted octanol–water partition coefficient (Wildman–Crippen LogP) is 11.2. The smallest absolute Gasteiger partial charge is 0.179 e. The molecule has 4 aromatic carbocycles. The van der Waals surface area contributed by atoms with Gasteiger partial charge in [0.25, 0.3) is 0 Å². The van der Waals surface area contributed by atoms with E-state index in [1.54, 1.807) is 48.5 Å². The first kappa shape index (κ1) is 47.6. The minimum absolute atomic E-state index is 0.0854. The van der Waals surface area contributed by atoms with Crippen LogP contribution >= 0.6 is 0 Å². The van der Waals surface area contributed by atoms with Gasteiger partial charge in [0, 0.05) is 11.8 Å². The molecule has 0 radical (unpaired) electrons. The van der Waals surface area contributed by atoms with Crippen LogP contribution < -0.4 is 9.47 Å². The number of benzene rings is 4. The molecule has 0 aliphatic carbocycles. The molecule has 2 heterocycles. The van der Waals surface area contributed by atoms with Crippen molar-refractivity contribution in [2.24, 2.45) is 10.8 Å². The molecule has 0 saturated heterocycles. The first-order valence-electron chi connectivity index (χ1n) is 22.4. The molecule has 12 heteroatoms. The molecule has 0 bridgehead atoms. The molecule has 62 heavy (non-hydrogen) atoms. The van der Waals surface area contributed by atoms with Crippen molar-refractivity contribution in [2.75, 3.05) is 51.1 Å². The third-order valence-corrected chi connectivity index (χ3v) is 17.2. The summed E-state index contributed by atoms with van der Waals surface area (Å²) in [5.41, 5.74) is 2.34. The molecule has 4 aromatic rings. The van der Waals surface area contributed by atoms with Crippen molar-refractivity contribution in [3.63, 3.8) is 0 Å². The van der Waals surface area contributed by atoms with Gasteiger partial charge in [-0.15, -0.1) is 0 Å². The Morgan fingerprint density at radius 3 is 1.26 bits per heavy atom. The molecular weight excluding hydrogens is 831 g/mol. The van der Waals surface area contributed by atoms with Gasteiger partial charge in [-0.05, 0) is 132 Å². The van der Waals surface area contributed by atoms with Crippen LogP contribution in [0.5, 0.6) is 11.5 Å². The van der Waals surface area contributed by atoms with E-state index >= 15 is 0 Å². The molecule has 4 atom stereocenters. The summed E-state index contributed by atoms with van der Waals surface area (Å²) in [6.07, 6.45) is 8.21. The van der Waals surface area contributed by atoms with Crippen LogP contribution in [-0.4, -0.2) is 68.0 Å². The van der Waals surface area contributed by atoms with E-state index in [2.05, 4.69) is 27.7 Å². The molecule has 0 N–H and O–H groups in total. The van der Waals surface area contributed by atoms with Crippen molar-refractivity contribution < 1.29 is 44.6 Å². The van der Waals surface area contributed by atoms with Gasteiger partial charge in [-0.3, -0.25) is 0 Å². The van der Waals surface area contributed by atoms with Gasteiger partial charge in [0.1, 0.15) is 36.3 Å². The van der Waals surface area contributed by atoms with Gasteiger partial charge in [0.15, 0.2) is 19.7 Å². The van der Waals surface area contributed by atoms with Crippen LogP contribution in [0.4, 0.5) is 8.78 Å². The Morgan fingerprint density at radius 2 is 0.903 bits per heavy atom. The van der Waals surface area contributed by atoms with Crippen molar-refractivity contribution >= 4 is 19.7 Å². The summed E-state index contributed by atoms with van der Waals surface area (Å²) < 4.78 is 107. The zero-order valence-electron chi connectivity index (χ0n) is 36.8. The fraction of sp³-hybridized carbons (Fsp3) is 0.520. The number of ether oxygens (including phenoxy) is 4. The fourth-order valence-electron chi connectivity index (χ4n) is 9.55. The Hall–Kier alpha value is -3.84. The van der Waals surface area contributed by atoms with Crippen molar-refractivity contribution in [2.45, 2.75) is 114 Å². The molecule has 8 nitrogen and oxygen atoms in total. The molecule has 0 fully saturated rings. The highest BCUT2D eigenvalue weighted by Gasteiger charge is 2.44. The summed E-state index contributed by atoms with van der Waals surface area (Å²) in [5.74, 6) is 0.123. The van der Waals surface area contributed by atoms with E-state index in [1.165, 1.54) is 24.3 Å². The molecule has 0 aromatic heterocycles. The van der Waals surface area contributed by atoms with Gasteiger partial charge in [-0.1, -0.05) is 77.6 Å². The highest BCUT2D eigenvalue weighted by atomic mass is 32.2. The number of hydrogen-bond acceptors (Lipinski definition) is 8. The second kappa shape index (κ2) is 21.2. The van der Waals surface area contributed by atoms with Crippen molar-refractivity contribution in [3.05, 3.63) is 119 Å². The normalized spacial score (nSPS) is 22.8. The second-order valence-corrected chi connectivity index (χ2v) is 21.3. The third-order valence-electron chi connectivity index (χ3n) is 13.2. The number of unbranched alkanes of at least 4 members (excludes halogenated alkanes) is 2. The van der Waals surface area contributed by atoms with E-state index < -0.39 is 30.5 Å². The van der Waals surface area contributed by atoms with Crippen LogP contribution in [0.3, 0.4) is 0 Å². The van der Waals surface area contributed by atoms with Gasteiger partial charge in [-0.25, -0.2) is 25.6 Å². The van der Waals surface area contributed by atoms with Crippen molar-refractivity contribution in [1.29, 1.82) is 0 Å². The van der Waals surface area contributed by atoms with Gasteiger partial charge < -0.3 is 18.9 Å². The Labute approximate surface area is 368 Å². The van der Waals surface area contributed by atoms with E-state index in [9.17, 15) is 25.6 Å². The molecule has 0 amide bonds. The van der Waals surface area contributed by atoms with Crippen LogP contribution in [0.1, 0.15) is 126 Å². The quantitative estimate of drug-likeness (QED) is 0.0762. The van der Waals surface area contributed by atoms with E-state index in [0.29, 0.717) is 58.5 Å². The number of rotatable bonds is 21. The largest absolute Gasteiger partial charge is 0.491 e. The number of hydrogen-bond donors (Lipinski definition) is 0. The van der Waals surface area contributed by atoms with Gasteiger partial charge in [0.05, 0.1) is 47.7 Å². The Kier molecular flexibility index (Phi) is 16.3. The predicted molar refractivity (Wildman–Crippen MR) is 240 cm³/mol. The lowest BCUT2D eigenvalue weighted by molar-refractivity contribution is 0.0273. The summed E-state index contributed by atoms with van der Waals surface area (Å²) in [5, 5.41) is 0. The van der Waals surface area contributed by atoms with Crippen molar-refractivity contribution in [1.82, 2.24) is 0 Å². The molecule has 2 aliphatic heterocycles. The van der Waals surface area contributed by atoms with Crippen LogP contribution in [-0.2, 0) is 29.1 Å². The molecule has 0 unspecified atom stereocenters. The minimum Gasteiger partial charge on any atom is -0.491 e.